The number of rotatable bonds is 0. The third kappa shape index (κ3) is 1.71. The molecule has 0 saturated carbocycles. The maximum Gasteiger partial charge on any atom is 0.123 e. The molecule has 1 aromatic rings. The highest BCUT2D eigenvalue weighted by Gasteiger charge is 2.23. The van der Waals surface area contributed by atoms with E-state index in [9.17, 15) is 4.39 Å². The standard InChI is InChI=1S/C12H14FN.ClH/c13-11-7-9-3-1-5-14-6-2-4-10(8-11)12(9)14;/h7-8H,1-6H2;1H. The fourth-order valence-corrected chi connectivity index (χ4v) is 2.76. The van der Waals surface area contributed by atoms with Crippen LogP contribution in [-0.2, 0) is 12.8 Å². The van der Waals surface area contributed by atoms with E-state index < -0.39 is 0 Å². The molecule has 2 aliphatic heterocycles. The fourth-order valence-electron chi connectivity index (χ4n) is 2.76. The Morgan fingerprint density at radius 3 is 2.07 bits per heavy atom. The highest BCUT2D eigenvalue weighted by atomic mass is 35.5. The molecule has 0 saturated heterocycles. The third-order valence-electron chi connectivity index (χ3n) is 3.30. The zero-order valence-electron chi connectivity index (χ0n) is 8.63. The molecule has 15 heavy (non-hydrogen) atoms. The van der Waals surface area contributed by atoms with E-state index in [-0.39, 0.29) is 18.2 Å². The average Bonchev–Trinajstić information content (AvgIpc) is 2.18. The highest BCUT2D eigenvalue weighted by molar-refractivity contribution is 5.85. The van der Waals surface area contributed by atoms with Crippen LogP contribution in [0.1, 0.15) is 24.0 Å². The average molecular weight is 228 g/mol. The minimum Gasteiger partial charge on any atom is -0.371 e. The van der Waals surface area contributed by atoms with Crippen molar-refractivity contribution in [1.29, 1.82) is 0 Å². The topological polar surface area (TPSA) is 3.24 Å². The molecule has 0 aliphatic carbocycles. The molecule has 2 heterocycles. The smallest absolute Gasteiger partial charge is 0.123 e. The molecule has 0 atom stereocenters. The number of benzene rings is 1. The van der Waals surface area contributed by atoms with Crippen molar-refractivity contribution in [2.45, 2.75) is 25.7 Å². The Bertz CT molecular complexity index is 347. The number of halogens is 2. The number of nitrogens with zero attached hydrogens (tertiary/aromatic N) is 1. The van der Waals surface area contributed by atoms with Crippen LogP contribution in [-0.4, -0.2) is 13.1 Å². The Kier molecular flexibility index (Phi) is 2.87. The molecule has 1 nitrogen and oxygen atoms in total. The minimum atomic E-state index is -0.0532. The van der Waals surface area contributed by atoms with E-state index in [2.05, 4.69) is 4.90 Å². The van der Waals surface area contributed by atoms with Gasteiger partial charge in [0.05, 0.1) is 0 Å². The van der Waals surface area contributed by atoms with Crippen LogP contribution in [0.2, 0.25) is 0 Å². The van der Waals surface area contributed by atoms with Crippen LogP contribution in [0.15, 0.2) is 12.1 Å². The van der Waals surface area contributed by atoms with Crippen molar-refractivity contribution < 1.29 is 4.39 Å². The predicted molar refractivity (Wildman–Crippen MR) is 62.5 cm³/mol. The molecule has 0 unspecified atom stereocenters. The normalized spacial score (nSPS) is 18.1. The minimum absolute atomic E-state index is 0. The quantitative estimate of drug-likeness (QED) is 0.659. The summed E-state index contributed by atoms with van der Waals surface area (Å²) < 4.78 is 13.3. The molecular formula is C12H15ClFN. The summed E-state index contributed by atoms with van der Waals surface area (Å²) in [4.78, 5) is 2.43. The second-order valence-electron chi connectivity index (χ2n) is 4.27. The molecule has 2 aliphatic rings. The van der Waals surface area contributed by atoms with E-state index >= 15 is 0 Å². The largest absolute Gasteiger partial charge is 0.371 e. The van der Waals surface area contributed by atoms with Crippen molar-refractivity contribution in [3.63, 3.8) is 0 Å². The van der Waals surface area contributed by atoms with Gasteiger partial charge in [0, 0.05) is 18.8 Å². The summed E-state index contributed by atoms with van der Waals surface area (Å²) in [5.41, 5.74) is 3.81. The van der Waals surface area contributed by atoms with Crippen LogP contribution in [0.3, 0.4) is 0 Å². The summed E-state index contributed by atoms with van der Waals surface area (Å²) >= 11 is 0. The van der Waals surface area contributed by atoms with Crippen molar-refractivity contribution in [3.05, 3.63) is 29.1 Å². The molecule has 3 rings (SSSR count). The molecule has 0 amide bonds. The van der Waals surface area contributed by atoms with Crippen molar-refractivity contribution >= 4 is 18.1 Å². The van der Waals surface area contributed by atoms with Gasteiger partial charge in [0.25, 0.3) is 0 Å². The van der Waals surface area contributed by atoms with Gasteiger partial charge in [-0.15, -0.1) is 12.4 Å². The van der Waals surface area contributed by atoms with Gasteiger partial charge < -0.3 is 4.90 Å². The molecule has 0 aromatic heterocycles. The molecule has 1 aromatic carbocycles. The van der Waals surface area contributed by atoms with Gasteiger partial charge in [0.2, 0.25) is 0 Å². The predicted octanol–water partition coefficient (Wildman–Crippen LogP) is 2.95. The lowest BCUT2D eigenvalue weighted by Gasteiger charge is -2.36. The first-order valence-corrected chi connectivity index (χ1v) is 5.41. The SMILES string of the molecule is Cl.Fc1cc2c3c(c1)CCCN3CCC2. The van der Waals surface area contributed by atoms with Gasteiger partial charge in [-0.1, -0.05) is 0 Å². The summed E-state index contributed by atoms with van der Waals surface area (Å²) in [5, 5.41) is 0. The van der Waals surface area contributed by atoms with Crippen LogP contribution in [0.25, 0.3) is 0 Å². The van der Waals surface area contributed by atoms with Crippen LogP contribution in [0.5, 0.6) is 0 Å². The van der Waals surface area contributed by atoms with Crippen molar-refractivity contribution in [2.24, 2.45) is 0 Å². The molecule has 3 heteroatoms. The van der Waals surface area contributed by atoms with Gasteiger partial charge in [-0.05, 0) is 48.9 Å². The van der Waals surface area contributed by atoms with Crippen LogP contribution < -0.4 is 4.90 Å². The van der Waals surface area contributed by atoms with Crippen LogP contribution in [0.4, 0.5) is 10.1 Å². The lowest BCUT2D eigenvalue weighted by molar-refractivity contribution is 0.596. The van der Waals surface area contributed by atoms with Crippen LogP contribution >= 0.6 is 12.4 Å². The Hall–Kier alpha value is -0.760. The number of hydrogen-bond donors (Lipinski definition) is 0. The second kappa shape index (κ2) is 4.01. The number of hydrogen-bond acceptors (Lipinski definition) is 1. The monoisotopic (exact) mass is 227 g/mol. The van der Waals surface area contributed by atoms with Crippen LogP contribution in [0, 0.1) is 5.82 Å². The van der Waals surface area contributed by atoms with Gasteiger partial charge in [0.15, 0.2) is 0 Å². The van der Waals surface area contributed by atoms with Crippen molar-refractivity contribution in [1.82, 2.24) is 0 Å². The molecule has 82 valence electrons. The fraction of sp³-hybridized carbons (Fsp3) is 0.500. The first-order chi connectivity index (χ1) is 6.84. The zero-order valence-corrected chi connectivity index (χ0v) is 9.45. The number of anilines is 1. The van der Waals surface area contributed by atoms with E-state index in [1.807, 2.05) is 0 Å². The zero-order chi connectivity index (χ0) is 9.54. The first kappa shape index (κ1) is 10.7. The van der Waals surface area contributed by atoms with Gasteiger partial charge in [0.1, 0.15) is 5.82 Å². The lowest BCUT2D eigenvalue weighted by Crippen LogP contribution is -2.34. The van der Waals surface area contributed by atoms with Crippen molar-refractivity contribution in [3.8, 4) is 0 Å². The summed E-state index contributed by atoms with van der Waals surface area (Å²) in [5.74, 6) is -0.0532. The van der Waals surface area contributed by atoms with E-state index in [1.165, 1.54) is 29.7 Å². The van der Waals surface area contributed by atoms with Gasteiger partial charge >= 0.3 is 0 Å². The molecule has 0 radical (unpaired) electrons. The summed E-state index contributed by atoms with van der Waals surface area (Å²) in [6.07, 6.45) is 4.46. The number of aryl methyl sites for hydroxylation is 2. The first-order valence-electron chi connectivity index (χ1n) is 5.41. The van der Waals surface area contributed by atoms with Gasteiger partial charge in [-0.25, -0.2) is 4.39 Å². The maximum absolute atomic E-state index is 13.3. The van der Waals surface area contributed by atoms with E-state index in [4.69, 9.17) is 0 Å². The lowest BCUT2D eigenvalue weighted by atomic mass is 9.92. The van der Waals surface area contributed by atoms with E-state index in [1.54, 1.807) is 12.1 Å². The van der Waals surface area contributed by atoms with Gasteiger partial charge in [-0.2, -0.15) is 0 Å². The molecule has 0 fully saturated rings. The third-order valence-corrected chi connectivity index (χ3v) is 3.30. The summed E-state index contributed by atoms with van der Waals surface area (Å²) in [6.45, 7) is 2.32. The molecule has 0 N–H and O–H groups in total. The second-order valence-corrected chi connectivity index (χ2v) is 4.27. The highest BCUT2D eigenvalue weighted by Crippen LogP contribution is 2.35. The Morgan fingerprint density at radius 1 is 1.00 bits per heavy atom. The summed E-state index contributed by atoms with van der Waals surface area (Å²) in [7, 11) is 0. The molecule has 0 spiro atoms. The summed E-state index contributed by atoms with van der Waals surface area (Å²) in [6, 6.07) is 3.44. The Labute approximate surface area is 95.7 Å². The maximum atomic E-state index is 13.3. The van der Waals surface area contributed by atoms with E-state index in [0.717, 1.165) is 25.9 Å². The molecule has 0 bridgehead atoms. The Morgan fingerprint density at radius 2 is 1.53 bits per heavy atom. The molecular weight excluding hydrogens is 213 g/mol. The van der Waals surface area contributed by atoms with E-state index in [0.29, 0.717) is 0 Å². The van der Waals surface area contributed by atoms with Crippen molar-refractivity contribution in [2.75, 3.05) is 18.0 Å². The van der Waals surface area contributed by atoms with Gasteiger partial charge in [-0.3, -0.25) is 0 Å². The Balaban J connectivity index is 0.000000853.